The van der Waals surface area contributed by atoms with E-state index in [0.717, 1.165) is 19.3 Å². The van der Waals surface area contributed by atoms with Gasteiger partial charge in [-0.05, 0) is 25.3 Å². The van der Waals surface area contributed by atoms with E-state index >= 15 is 0 Å². The van der Waals surface area contributed by atoms with Crippen molar-refractivity contribution in [2.45, 2.75) is 19.3 Å². The summed E-state index contributed by atoms with van der Waals surface area (Å²) in [4.78, 5) is 7.86. The molecule has 1 rings (SSSR count). The van der Waals surface area contributed by atoms with Crippen LogP contribution in [0.4, 0.5) is 0 Å². The van der Waals surface area contributed by atoms with Crippen LogP contribution in [0.1, 0.15) is 25.0 Å². The van der Waals surface area contributed by atoms with Crippen molar-refractivity contribution >= 4 is 5.84 Å². The highest BCUT2D eigenvalue weighted by Gasteiger charge is 2.04. The number of nitrogens with two attached hydrogens (primary N) is 1. The summed E-state index contributed by atoms with van der Waals surface area (Å²) in [6, 6.07) is 1.71. The molecular weight excluding hydrogens is 224 g/mol. The van der Waals surface area contributed by atoms with Crippen LogP contribution in [0.5, 0.6) is 6.01 Å². The average molecular weight is 240 g/mol. The van der Waals surface area contributed by atoms with Crippen molar-refractivity contribution in [2.75, 3.05) is 13.2 Å². The van der Waals surface area contributed by atoms with Crippen molar-refractivity contribution in [3.8, 4) is 6.01 Å². The van der Waals surface area contributed by atoms with Crippen LogP contribution in [-0.2, 0) is 0 Å². The summed E-state index contributed by atoms with van der Waals surface area (Å²) >= 11 is 0. The van der Waals surface area contributed by atoms with Gasteiger partial charge in [0.05, 0.1) is 6.61 Å². The van der Waals surface area contributed by atoms with Crippen LogP contribution < -0.4 is 10.5 Å². The van der Waals surface area contributed by atoms with E-state index in [1.807, 2.05) is 0 Å². The molecule has 0 amide bonds. The number of hydrogen-bond donors (Lipinski definition) is 3. The molecule has 0 saturated heterocycles. The molecule has 0 aliphatic heterocycles. The topological polar surface area (TPSA) is 114 Å². The Balaban J connectivity index is 2.43. The molecule has 1 aromatic rings. The number of nitrogens with zero attached hydrogens (tertiary/aromatic N) is 3. The quantitative estimate of drug-likeness (QED) is 0.205. The van der Waals surface area contributed by atoms with Crippen molar-refractivity contribution in [3.05, 3.63) is 18.0 Å². The minimum atomic E-state index is -0.0856. The Morgan fingerprint density at radius 1 is 1.41 bits per heavy atom. The number of aromatic nitrogens is 2. The van der Waals surface area contributed by atoms with Crippen LogP contribution in [0, 0.1) is 0 Å². The fraction of sp³-hybridized carbons (Fsp3) is 0.500. The lowest BCUT2D eigenvalue weighted by Crippen LogP contribution is -2.16. The van der Waals surface area contributed by atoms with Crippen molar-refractivity contribution in [2.24, 2.45) is 10.9 Å². The van der Waals surface area contributed by atoms with E-state index in [1.165, 1.54) is 12.3 Å². The predicted octanol–water partition coefficient (Wildman–Crippen LogP) is 0.112. The van der Waals surface area contributed by atoms with Crippen LogP contribution in [0.2, 0.25) is 0 Å². The second kappa shape index (κ2) is 7.39. The molecule has 1 aromatic heterocycles. The van der Waals surface area contributed by atoms with Crippen LogP contribution in [0.25, 0.3) is 0 Å². The molecule has 1 heterocycles. The van der Waals surface area contributed by atoms with Crippen molar-refractivity contribution in [1.82, 2.24) is 9.97 Å². The molecule has 0 aromatic carbocycles. The Morgan fingerprint density at radius 3 is 2.94 bits per heavy atom. The van der Waals surface area contributed by atoms with Crippen LogP contribution in [-0.4, -0.2) is 39.3 Å². The number of oxime groups is 1. The third-order valence-corrected chi connectivity index (χ3v) is 2.04. The normalized spacial score (nSPS) is 11.5. The van der Waals surface area contributed by atoms with Gasteiger partial charge in [-0.3, -0.25) is 0 Å². The van der Waals surface area contributed by atoms with Crippen LogP contribution >= 0.6 is 0 Å². The molecule has 0 aliphatic carbocycles. The molecule has 0 atom stereocenters. The molecule has 94 valence electrons. The van der Waals surface area contributed by atoms with E-state index in [1.54, 1.807) is 0 Å². The van der Waals surface area contributed by atoms with E-state index in [9.17, 15) is 0 Å². The molecule has 17 heavy (non-hydrogen) atoms. The molecule has 0 aliphatic rings. The summed E-state index contributed by atoms with van der Waals surface area (Å²) in [5, 5.41) is 19.9. The first kappa shape index (κ1) is 13.2. The summed E-state index contributed by atoms with van der Waals surface area (Å²) in [6.07, 6.45) is 3.94. The molecule has 0 bridgehead atoms. The fourth-order valence-electron chi connectivity index (χ4n) is 1.16. The first-order valence-electron chi connectivity index (χ1n) is 5.32. The maximum atomic E-state index is 8.59. The summed E-state index contributed by atoms with van der Waals surface area (Å²) < 4.78 is 5.29. The molecule has 0 spiro atoms. The lowest BCUT2D eigenvalue weighted by atomic mass is 10.2. The number of ether oxygens (including phenoxy) is 1. The van der Waals surface area contributed by atoms with Gasteiger partial charge in [-0.25, -0.2) is 4.98 Å². The van der Waals surface area contributed by atoms with Gasteiger partial charge in [0.1, 0.15) is 5.69 Å². The third-order valence-electron chi connectivity index (χ3n) is 2.04. The second-order valence-electron chi connectivity index (χ2n) is 3.34. The lowest BCUT2D eigenvalue weighted by molar-refractivity contribution is 0.257. The minimum absolute atomic E-state index is 0.0856. The molecular formula is C10H16N4O3. The number of hydrogen-bond acceptors (Lipinski definition) is 6. The summed E-state index contributed by atoms with van der Waals surface area (Å²) in [6.45, 7) is 0.662. The molecule has 0 unspecified atom stereocenters. The summed E-state index contributed by atoms with van der Waals surface area (Å²) in [5.41, 5.74) is 5.70. The predicted molar refractivity (Wildman–Crippen MR) is 61.0 cm³/mol. The Bertz CT molecular complexity index is 370. The zero-order valence-corrected chi connectivity index (χ0v) is 9.41. The Labute approximate surface area is 99.0 Å². The van der Waals surface area contributed by atoms with Crippen molar-refractivity contribution < 1.29 is 15.1 Å². The van der Waals surface area contributed by atoms with E-state index in [0.29, 0.717) is 12.3 Å². The maximum absolute atomic E-state index is 8.59. The van der Waals surface area contributed by atoms with Crippen molar-refractivity contribution in [1.29, 1.82) is 0 Å². The van der Waals surface area contributed by atoms with E-state index in [4.69, 9.17) is 20.8 Å². The van der Waals surface area contributed by atoms with E-state index in [2.05, 4.69) is 15.1 Å². The van der Waals surface area contributed by atoms with Gasteiger partial charge in [0.15, 0.2) is 5.84 Å². The van der Waals surface area contributed by atoms with Gasteiger partial charge < -0.3 is 20.8 Å². The Hall–Kier alpha value is -1.89. The van der Waals surface area contributed by atoms with Crippen LogP contribution in [0.15, 0.2) is 17.4 Å². The molecule has 4 N–H and O–H groups in total. The highest BCUT2D eigenvalue weighted by atomic mass is 16.5. The van der Waals surface area contributed by atoms with Gasteiger partial charge in [-0.2, -0.15) is 4.98 Å². The molecule has 7 nitrogen and oxygen atoms in total. The van der Waals surface area contributed by atoms with E-state index < -0.39 is 0 Å². The standard InChI is InChI=1S/C10H16N4O3/c11-9(14-16)8-4-5-12-10(13-8)17-7-3-1-2-6-15/h4-5,15-16H,1-3,6-7H2,(H2,11,14). The smallest absolute Gasteiger partial charge is 0.317 e. The Kier molecular flexibility index (Phi) is 5.73. The van der Waals surface area contributed by atoms with Gasteiger partial charge in [0.25, 0.3) is 0 Å². The highest BCUT2D eigenvalue weighted by molar-refractivity contribution is 5.95. The van der Waals surface area contributed by atoms with Crippen molar-refractivity contribution in [3.63, 3.8) is 0 Å². The summed E-state index contributed by atoms with van der Waals surface area (Å²) in [7, 11) is 0. The zero-order valence-electron chi connectivity index (χ0n) is 9.41. The monoisotopic (exact) mass is 240 g/mol. The minimum Gasteiger partial charge on any atom is -0.463 e. The number of amidine groups is 1. The molecule has 0 fully saturated rings. The average Bonchev–Trinajstić information content (AvgIpc) is 2.38. The first-order valence-corrected chi connectivity index (χ1v) is 5.32. The number of aliphatic hydroxyl groups is 1. The second-order valence-corrected chi connectivity index (χ2v) is 3.34. The summed E-state index contributed by atoms with van der Waals surface area (Å²) in [5.74, 6) is -0.0856. The first-order chi connectivity index (χ1) is 8.27. The van der Waals surface area contributed by atoms with Gasteiger partial charge in [-0.1, -0.05) is 5.16 Å². The number of rotatable bonds is 7. The van der Waals surface area contributed by atoms with Gasteiger partial charge in [0.2, 0.25) is 0 Å². The number of unbranched alkanes of at least 4 members (excludes halogenated alkanes) is 2. The van der Waals surface area contributed by atoms with Gasteiger partial charge in [0, 0.05) is 12.8 Å². The highest BCUT2D eigenvalue weighted by Crippen LogP contribution is 2.04. The van der Waals surface area contributed by atoms with Gasteiger partial charge in [-0.15, -0.1) is 0 Å². The SMILES string of the molecule is N/C(=N/O)c1ccnc(OCCCCCO)n1. The number of aliphatic hydroxyl groups excluding tert-OH is 1. The molecule has 7 heteroatoms. The maximum Gasteiger partial charge on any atom is 0.317 e. The van der Waals surface area contributed by atoms with Gasteiger partial charge >= 0.3 is 6.01 Å². The zero-order chi connectivity index (χ0) is 12.5. The lowest BCUT2D eigenvalue weighted by Gasteiger charge is -2.04. The van der Waals surface area contributed by atoms with E-state index in [-0.39, 0.29) is 18.5 Å². The third kappa shape index (κ3) is 4.64. The Morgan fingerprint density at radius 2 is 2.24 bits per heavy atom. The molecule has 0 radical (unpaired) electrons. The van der Waals surface area contributed by atoms with Crippen LogP contribution in [0.3, 0.4) is 0 Å². The largest absolute Gasteiger partial charge is 0.463 e. The molecule has 0 saturated carbocycles. The fourth-order valence-corrected chi connectivity index (χ4v) is 1.16.